The van der Waals surface area contributed by atoms with Gasteiger partial charge in [0.05, 0.1) is 0 Å². The number of benzene rings is 4. The molecule has 0 aliphatic carbocycles. The molecule has 140 valence electrons. The minimum Gasteiger partial charge on any atom is -0.0622 e. The molecule has 0 spiro atoms. The van der Waals surface area contributed by atoms with Gasteiger partial charge < -0.3 is 0 Å². The molecule has 0 nitrogen and oxygen atoms in total. The van der Waals surface area contributed by atoms with E-state index >= 15 is 0 Å². The zero-order chi connectivity index (χ0) is 19.7. The fraction of sp³-hybridized carbons (Fsp3) is 0. The Balaban J connectivity index is 1.36. The van der Waals surface area contributed by atoms with Gasteiger partial charge in [-0.3, -0.25) is 0 Å². The molecule has 0 heterocycles. The molecule has 0 fully saturated rings. The van der Waals surface area contributed by atoms with E-state index in [9.17, 15) is 0 Å². The first-order chi connectivity index (χ1) is 14.3. The number of hydrogen-bond acceptors (Lipinski definition) is 0. The summed E-state index contributed by atoms with van der Waals surface area (Å²) in [5.74, 6) is 0. The minimum absolute atomic E-state index is 0.671. The third kappa shape index (κ3) is 5.88. The smallest absolute Gasteiger partial charge is 0.0226 e. The monoisotopic (exact) mass is 390 g/mol. The third-order valence-corrected chi connectivity index (χ3v) is 5.89. The Bertz CT molecular complexity index is 984. The fourth-order valence-electron chi connectivity index (χ4n) is 3.03. The Hall–Kier alpha value is -3.21. The molecule has 0 unspecified atom stereocenters. The molecule has 4 aromatic rings. The van der Waals surface area contributed by atoms with Gasteiger partial charge >= 0.3 is 0 Å². The van der Waals surface area contributed by atoms with Crippen molar-refractivity contribution >= 4 is 43.5 Å². The fourth-order valence-corrected chi connectivity index (χ4v) is 4.03. The molecule has 0 aromatic heterocycles. The van der Waals surface area contributed by atoms with Gasteiger partial charge in [0.2, 0.25) is 0 Å². The second kappa shape index (κ2) is 9.82. The van der Waals surface area contributed by atoms with Crippen LogP contribution in [-0.4, -0.2) is 0 Å². The van der Waals surface area contributed by atoms with Crippen LogP contribution in [0.4, 0.5) is 0 Å². The van der Waals surface area contributed by atoms with E-state index in [-0.39, 0.29) is 0 Å². The molecule has 0 bridgehead atoms. The van der Waals surface area contributed by atoms with Gasteiger partial charge in [-0.1, -0.05) is 142 Å². The van der Waals surface area contributed by atoms with E-state index in [1.54, 1.807) is 0 Å². The van der Waals surface area contributed by atoms with Crippen LogP contribution in [0.15, 0.2) is 109 Å². The Morgan fingerprint density at radius 3 is 1.00 bits per heavy atom. The molecular weight excluding hydrogens is 367 g/mol. The Labute approximate surface area is 175 Å². The van der Waals surface area contributed by atoms with E-state index in [1.807, 2.05) is 12.1 Å². The van der Waals surface area contributed by atoms with E-state index in [0.29, 0.717) is 8.58 Å². The van der Waals surface area contributed by atoms with Crippen LogP contribution in [-0.2, 0) is 0 Å². The number of rotatable bonds is 6. The SMILES string of the molecule is C(=Cc1ccc(Pc2ccc(C=Cc3ccccc3)cc2)cc1)c1ccccc1. The molecule has 0 amide bonds. The van der Waals surface area contributed by atoms with Crippen LogP contribution in [0.25, 0.3) is 24.3 Å². The van der Waals surface area contributed by atoms with Crippen molar-refractivity contribution < 1.29 is 0 Å². The van der Waals surface area contributed by atoms with Gasteiger partial charge in [0.1, 0.15) is 0 Å². The highest BCUT2D eigenvalue weighted by Gasteiger charge is 1.97. The second-order valence-electron chi connectivity index (χ2n) is 6.86. The van der Waals surface area contributed by atoms with Crippen LogP contribution in [0.1, 0.15) is 22.3 Å². The van der Waals surface area contributed by atoms with E-state index in [4.69, 9.17) is 0 Å². The summed E-state index contributed by atoms with van der Waals surface area (Å²) in [6.45, 7) is 0. The molecule has 0 atom stereocenters. The van der Waals surface area contributed by atoms with Gasteiger partial charge in [-0.05, 0) is 32.9 Å². The van der Waals surface area contributed by atoms with Gasteiger partial charge in [-0.15, -0.1) is 0 Å². The van der Waals surface area contributed by atoms with Crippen molar-refractivity contribution in [1.29, 1.82) is 0 Å². The summed E-state index contributed by atoms with van der Waals surface area (Å²) < 4.78 is 0. The molecule has 0 saturated carbocycles. The lowest BCUT2D eigenvalue weighted by Crippen LogP contribution is -2.02. The summed E-state index contributed by atoms with van der Waals surface area (Å²) in [5, 5.41) is 2.71. The summed E-state index contributed by atoms with van der Waals surface area (Å²) in [6, 6.07) is 38.5. The Morgan fingerprint density at radius 1 is 0.345 bits per heavy atom. The highest BCUT2D eigenvalue weighted by atomic mass is 31.1. The van der Waals surface area contributed by atoms with Gasteiger partial charge in [0, 0.05) is 0 Å². The van der Waals surface area contributed by atoms with Crippen LogP contribution in [0.5, 0.6) is 0 Å². The molecule has 0 N–H and O–H groups in total. The van der Waals surface area contributed by atoms with Crippen LogP contribution in [0.2, 0.25) is 0 Å². The first kappa shape index (κ1) is 19.1. The lowest BCUT2D eigenvalue weighted by atomic mass is 10.1. The van der Waals surface area contributed by atoms with E-state index in [2.05, 4.69) is 121 Å². The number of hydrogen-bond donors (Lipinski definition) is 0. The van der Waals surface area contributed by atoms with Crippen molar-refractivity contribution in [3.05, 3.63) is 131 Å². The van der Waals surface area contributed by atoms with Crippen molar-refractivity contribution in [2.45, 2.75) is 0 Å². The highest BCUT2D eigenvalue weighted by molar-refractivity contribution is 7.55. The zero-order valence-electron chi connectivity index (χ0n) is 16.2. The average Bonchev–Trinajstić information content (AvgIpc) is 2.80. The maximum Gasteiger partial charge on any atom is -0.0226 e. The van der Waals surface area contributed by atoms with Gasteiger partial charge in [-0.25, -0.2) is 0 Å². The molecule has 0 aliphatic rings. The average molecular weight is 390 g/mol. The third-order valence-electron chi connectivity index (χ3n) is 4.65. The first-order valence-electron chi connectivity index (χ1n) is 9.79. The van der Waals surface area contributed by atoms with Gasteiger partial charge in [0.15, 0.2) is 0 Å². The summed E-state index contributed by atoms with van der Waals surface area (Å²) in [4.78, 5) is 0. The Morgan fingerprint density at radius 2 is 0.655 bits per heavy atom. The van der Waals surface area contributed by atoms with Gasteiger partial charge in [0.25, 0.3) is 0 Å². The van der Waals surface area contributed by atoms with Crippen LogP contribution in [0, 0.1) is 0 Å². The first-order valence-corrected chi connectivity index (χ1v) is 10.8. The standard InChI is InChI=1S/C28H23P/c1-3-7-23(8-4-1)11-13-25-15-19-27(20-16-25)29-28-21-17-26(18-22-28)14-12-24-9-5-2-6-10-24/h1-22,29H. The van der Waals surface area contributed by atoms with E-state index < -0.39 is 0 Å². The largest absolute Gasteiger partial charge is 0.0622 e. The molecule has 29 heavy (non-hydrogen) atoms. The topological polar surface area (TPSA) is 0 Å². The zero-order valence-corrected chi connectivity index (χ0v) is 17.2. The van der Waals surface area contributed by atoms with E-state index in [0.717, 1.165) is 0 Å². The van der Waals surface area contributed by atoms with Crippen LogP contribution in [0.3, 0.4) is 0 Å². The predicted octanol–water partition coefficient (Wildman–Crippen LogP) is 6.66. The molecule has 0 radical (unpaired) electrons. The van der Waals surface area contributed by atoms with Crippen molar-refractivity contribution in [3.8, 4) is 0 Å². The van der Waals surface area contributed by atoms with Crippen LogP contribution >= 0.6 is 8.58 Å². The second-order valence-corrected chi connectivity index (χ2v) is 8.26. The molecule has 0 aliphatic heterocycles. The summed E-state index contributed by atoms with van der Waals surface area (Å²) >= 11 is 0. The lowest BCUT2D eigenvalue weighted by molar-refractivity contribution is 1.66. The highest BCUT2D eigenvalue weighted by Crippen LogP contribution is 2.15. The van der Waals surface area contributed by atoms with Crippen molar-refractivity contribution in [3.63, 3.8) is 0 Å². The minimum atomic E-state index is 0.671. The van der Waals surface area contributed by atoms with Crippen molar-refractivity contribution in [1.82, 2.24) is 0 Å². The predicted molar refractivity (Wildman–Crippen MR) is 131 cm³/mol. The van der Waals surface area contributed by atoms with E-state index in [1.165, 1.54) is 32.9 Å². The molecule has 1 heteroatoms. The lowest BCUT2D eigenvalue weighted by Gasteiger charge is -2.04. The molecule has 4 aromatic carbocycles. The Kier molecular flexibility index (Phi) is 6.48. The molecular formula is C28H23P. The van der Waals surface area contributed by atoms with Gasteiger partial charge in [-0.2, -0.15) is 0 Å². The van der Waals surface area contributed by atoms with Crippen molar-refractivity contribution in [2.75, 3.05) is 0 Å². The van der Waals surface area contributed by atoms with Crippen LogP contribution < -0.4 is 10.6 Å². The normalized spacial score (nSPS) is 11.7. The molecule has 0 saturated heterocycles. The summed E-state index contributed by atoms with van der Waals surface area (Å²) in [5.41, 5.74) is 4.90. The summed E-state index contributed by atoms with van der Waals surface area (Å²) in [7, 11) is 0.671. The van der Waals surface area contributed by atoms with Crippen molar-refractivity contribution in [2.24, 2.45) is 0 Å². The maximum atomic E-state index is 2.23. The quantitative estimate of drug-likeness (QED) is 0.255. The molecule has 4 rings (SSSR count). The maximum absolute atomic E-state index is 2.23. The summed E-state index contributed by atoms with van der Waals surface area (Å²) in [6.07, 6.45) is 8.63.